The van der Waals surface area contributed by atoms with E-state index in [-0.39, 0.29) is 12.3 Å². The smallest absolute Gasteiger partial charge is 0.269 e. The van der Waals surface area contributed by atoms with Crippen LogP contribution in [-0.2, 0) is 9.59 Å². The third-order valence-corrected chi connectivity index (χ3v) is 2.59. The second kappa shape index (κ2) is 7.88. The molecule has 4 N–H and O–H groups in total. The Bertz CT molecular complexity index is 531. The lowest BCUT2D eigenvalue weighted by atomic mass is 10.0. The van der Waals surface area contributed by atoms with E-state index in [1.165, 1.54) is 13.5 Å². The Morgan fingerprint density at radius 1 is 1.33 bits per heavy atom. The molecule has 1 radical (unpaired) electrons. The average molecular weight is 292 g/mol. The van der Waals surface area contributed by atoms with Crippen LogP contribution in [0.25, 0.3) is 0 Å². The average Bonchev–Trinajstić information content (AvgIpc) is 2.43. The molecule has 21 heavy (non-hydrogen) atoms. The highest BCUT2D eigenvalue weighted by Crippen LogP contribution is 2.12. The van der Waals surface area contributed by atoms with Crippen molar-refractivity contribution >= 4 is 17.7 Å². The molecule has 0 heterocycles. The van der Waals surface area contributed by atoms with Crippen LogP contribution >= 0.6 is 0 Å². The SMILES string of the molecule is COc1cccc(C(=O)NNC(=O)[CH][C@H](C)CC(N)=O)c1. The number of carbonyl (C=O) groups excluding carboxylic acids is 3. The second-order valence-corrected chi connectivity index (χ2v) is 4.49. The van der Waals surface area contributed by atoms with Crippen LogP contribution in [0.5, 0.6) is 5.75 Å². The van der Waals surface area contributed by atoms with Gasteiger partial charge in [-0.05, 0) is 24.1 Å². The predicted molar refractivity (Wildman–Crippen MR) is 75.9 cm³/mol. The fourth-order valence-corrected chi connectivity index (χ4v) is 1.63. The van der Waals surface area contributed by atoms with Crippen LogP contribution in [-0.4, -0.2) is 24.8 Å². The molecule has 1 aromatic rings. The van der Waals surface area contributed by atoms with Crippen molar-refractivity contribution in [1.82, 2.24) is 10.9 Å². The molecule has 0 fully saturated rings. The summed E-state index contributed by atoms with van der Waals surface area (Å²) in [6.45, 7) is 1.67. The Balaban J connectivity index is 2.45. The highest BCUT2D eigenvalue weighted by molar-refractivity contribution is 5.96. The first-order valence-electron chi connectivity index (χ1n) is 6.30. The maximum Gasteiger partial charge on any atom is 0.269 e. The Kier molecular flexibility index (Phi) is 6.19. The Morgan fingerprint density at radius 2 is 2.05 bits per heavy atom. The van der Waals surface area contributed by atoms with Crippen LogP contribution in [0.1, 0.15) is 23.7 Å². The molecule has 0 saturated carbocycles. The number of amides is 3. The zero-order chi connectivity index (χ0) is 15.8. The first-order valence-corrected chi connectivity index (χ1v) is 6.30. The molecule has 7 nitrogen and oxygen atoms in total. The molecular weight excluding hydrogens is 274 g/mol. The van der Waals surface area contributed by atoms with Crippen molar-refractivity contribution in [2.75, 3.05) is 7.11 Å². The van der Waals surface area contributed by atoms with E-state index in [0.29, 0.717) is 11.3 Å². The van der Waals surface area contributed by atoms with Gasteiger partial charge >= 0.3 is 0 Å². The maximum atomic E-state index is 11.8. The van der Waals surface area contributed by atoms with Gasteiger partial charge < -0.3 is 10.5 Å². The van der Waals surface area contributed by atoms with Crippen LogP contribution in [0, 0.1) is 12.3 Å². The Morgan fingerprint density at radius 3 is 2.67 bits per heavy atom. The molecule has 113 valence electrons. The first-order chi connectivity index (χ1) is 9.92. The van der Waals surface area contributed by atoms with Crippen molar-refractivity contribution in [2.45, 2.75) is 13.3 Å². The zero-order valence-corrected chi connectivity index (χ0v) is 11.9. The standard InChI is InChI=1S/C14H18N3O4/c1-9(6-12(15)18)7-13(19)16-17-14(20)10-4-3-5-11(8-10)21-2/h3-5,7-9H,6H2,1-2H3,(H2,15,18)(H,16,19)(H,17,20)/t9-/m1/s1. The summed E-state index contributed by atoms with van der Waals surface area (Å²) < 4.78 is 5.00. The van der Waals surface area contributed by atoms with Gasteiger partial charge in [0.2, 0.25) is 11.8 Å². The fourth-order valence-electron chi connectivity index (χ4n) is 1.63. The summed E-state index contributed by atoms with van der Waals surface area (Å²) in [5.74, 6) is -1.25. The van der Waals surface area contributed by atoms with Crippen LogP contribution < -0.4 is 21.3 Å². The van der Waals surface area contributed by atoms with E-state index in [4.69, 9.17) is 10.5 Å². The lowest BCUT2D eigenvalue weighted by Crippen LogP contribution is -2.42. The molecule has 1 rings (SSSR count). The van der Waals surface area contributed by atoms with Crippen LogP contribution in [0.2, 0.25) is 0 Å². The van der Waals surface area contributed by atoms with Crippen molar-refractivity contribution in [3.63, 3.8) is 0 Å². The van der Waals surface area contributed by atoms with E-state index in [9.17, 15) is 14.4 Å². The number of hydrazine groups is 1. The van der Waals surface area contributed by atoms with Gasteiger partial charge in [0, 0.05) is 12.0 Å². The molecule has 0 saturated heterocycles. The summed E-state index contributed by atoms with van der Waals surface area (Å²) in [5.41, 5.74) is 9.87. The molecule has 0 aliphatic heterocycles. The number of methoxy groups -OCH3 is 1. The number of nitrogens with two attached hydrogens (primary N) is 1. The fraction of sp³-hybridized carbons (Fsp3) is 0.286. The van der Waals surface area contributed by atoms with Crippen molar-refractivity contribution in [2.24, 2.45) is 11.7 Å². The minimum absolute atomic E-state index is 0.0667. The van der Waals surface area contributed by atoms with E-state index in [1.807, 2.05) is 0 Å². The van der Waals surface area contributed by atoms with E-state index < -0.39 is 17.7 Å². The number of nitrogens with one attached hydrogen (secondary N) is 2. The number of carbonyl (C=O) groups is 3. The van der Waals surface area contributed by atoms with Crippen molar-refractivity contribution < 1.29 is 19.1 Å². The van der Waals surface area contributed by atoms with E-state index >= 15 is 0 Å². The van der Waals surface area contributed by atoms with E-state index in [1.54, 1.807) is 31.2 Å². The number of primary amides is 1. The van der Waals surface area contributed by atoms with Gasteiger partial charge in [-0.25, -0.2) is 0 Å². The lowest BCUT2D eigenvalue weighted by Gasteiger charge is -2.10. The van der Waals surface area contributed by atoms with Gasteiger partial charge in [-0.2, -0.15) is 0 Å². The summed E-state index contributed by atoms with van der Waals surface area (Å²) in [4.78, 5) is 34.0. The van der Waals surface area contributed by atoms with E-state index in [0.717, 1.165) is 0 Å². The zero-order valence-electron chi connectivity index (χ0n) is 11.9. The van der Waals surface area contributed by atoms with Gasteiger partial charge in [-0.1, -0.05) is 13.0 Å². The minimum Gasteiger partial charge on any atom is -0.497 e. The third kappa shape index (κ3) is 5.94. The normalized spacial score (nSPS) is 11.3. The molecule has 0 aliphatic rings. The molecule has 0 aliphatic carbocycles. The predicted octanol–water partition coefficient (Wildman–Crippen LogP) is 0.172. The summed E-state index contributed by atoms with van der Waals surface area (Å²) in [6, 6.07) is 6.50. The highest BCUT2D eigenvalue weighted by Gasteiger charge is 2.13. The monoisotopic (exact) mass is 292 g/mol. The van der Waals surface area contributed by atoms with E-state index in [2.05, 4.69) is 10.9 Å². The van der Waals surface area contributed by atoms with Crippen molar-refractivity contribution in [3.8, 4) is 5.75 Å². The quantitative estimate of drug-likeness (QED) is 0.649. The van der Waals surface area contributed by atoms with Gasteiger partial charge in [0.15, 0.2) is 0 Å². The Hall–Kier alpha value is -2.57. The highest BCUT2D eigenvalue weighted by atomic mass is 16.5. The summed E-state index contributed by atoms with van der Waals surface area (Å²) in [5, 5.41) is 0. The number of hydrogen-bond acceptors (Lipinski definition) is 4. The largest absolute Gasteiger partial charge is 0.497 e. The summed E-state index contributed by atoms with van der Waals surface area (Å²) in [6.07, 6.45) is 1.34. The van der Waals surface area contributed by atoms with Gasteiger partial charge in [0.25, 0.3) is 5.91 Å². The molecule has 7 heteroatoms. The number of hydrogen-bond donors (Lipinski definition) is 3. The Labute approximate surface area is 122 Å². The van der Waals surface area contributed by atoms with Gasteiger partial charge in [-0.15, -0.1) is 0 Å². The third-order valence-electron chi connectivity index (χ3n) is 2.59. The summed E-state index contributed by atoms with van der Waals surface area (Å²) in [7, 11) is 1.49. The van der Waals surface area contributed by atoms with Crippen LogP contribution in [0.15, 0.2) is 24.3 Å². The summed E-state index contributed by atoms with van der Waals surface area (Å²) >= 11 is 0. The molecule has 1 aromatic carbocycles. The lowest BCUT2D eigenvalue weighted by molar-refractivity contribution is -0.120. The number of ether oxygens (including phenoxy) is 1. The van der Waals surface area contributed by atoms with Crippen molar-refractivity contribution in [1.29, 1.82) is 0 Å². The minimum atomic E-state index is -0.514. The molecule has 0 spiro atoms. The van der Waals surface area contributed by atoms with Gasteiger partial charge in [-0.3, -0.25) is 25.2 Å². The molecule has 0 aromatic heterocycles. The molecule has 0 bridgehead atoms. The van der Waals surface area contributed by atoms with Crippen molar-refractivity contribution in [3.05, 3.63) is 36.2 Å². The number of rotatable bonds is 6. The topological polar surface area (TPSA) is 111 Å². The molecular formula is C14H18N3O4. The van der Waals surface area contributed by atoms with Crippen LogP contribution in [0.4, 0.5) is 0 Å². The second-order valence-electron chi connectivity index (χ2n) is 4.49. The van der Waals surface area contributed by atoms with Crippen LogP contribution in [0.3, 0.4) is 0 Å². The molecule has 3 amide bonds. The molecule has 0 unspecified atom stereocenters. The number of benzene rings is 1. The maximum absolute atomic E-state index is 11.8. The van der Waals surface area contributed by atoms with Gasteiger partial charge in [0.1, 0.15) is 5.75 Å². The molecule has 1 atom stereocenters. The first kappa shape index (κ1) is 16.5. The van der Waals surface area contributed by atoms with Gasteiger partial charge in [0.05, 0.1) is 13.5 Å².